The Morgan fingerprint density at radius 3 is 2.53 bits per heavy atom. The molecule has 0 radical (unpaired) electrons. The van der Waals surface area contributed by atoms with Gasteiger partial charge < -0.3 is 14.2 Å². The standard InChI is InChI=1S/C29H28N4O3/c1-34-27-19-21(11-12-26(27)36-18-15-32-13-16-35-17-14-32)28-24-20-30-25-10-6-5-9-23(25)29(24)33(31-28)22-7-3-2-4-8-22/h2-12,19-20H,13-18H2,1H3. The lowest BCUT2D eigenvalue weighted by atomic mass is 10.1. The monoisotopic (exact) mass is 480 g/mol. The molecule has 0 atom stereocenters. The molecule has 3 heterocycles. The highest BCUT2D eigenvalue weighted by Gasteiger charge is 2.19. The number of para-hydroxylation sites is 2. The highest BCUT2D eigenvalue weighted by Crippen LogP contribution is 2.37. The Hall–Kier alpha value is -3.94. The van der Waals surface area contributed by atoms with Crippen molar-refractivity contribution in [3.05, 3.63) is 79.0 Å². The van der Waals surface area contributed by atoms with Crippen LogP contribution in [0.1, 0.15) is 0 Å². The van der Waals surface area contributed by atoms with E-state index < -0.39 is 0 Å². The molecule has 36 heavy (non-hydrogen) atoms. The Morgan fingerprint density at radius 2 is 1.69 bits per heavy atom. The summed E-state index contributed by atoms with van der Waals surface area (Å²) in [7, 11) is 1.67. The summed E-state index contributed by atoms with van der Waals surface area (Å²) in [5.41, 5.74) is 4.77. The molecule has 7 heteroatoms. The second-order valence-electron chi connectivity index (χ2n) is 8.80. The Morgan fingerprint density at radius 1 is 0.889 bits per heavy atom. The average molecular weight is 481 g/mol. The summed E-state index contributed by atoms with van der Waals surface area (Å²) in [6, 6.07) is 24.4. The molecule has 7 nitrogen and oxygen atoms in total. The first-order chi connectivity index (χ1) is 17.8. The Bertz CT molecular complexity index is 1490. The van der Waals surface area contributed by atoms with E-state index in [1.54, 1.807) is 7.11 Å². The fraction of sp³-hybridized carbons (Fsp3) is 0.241. The molecule has 1 fully saturated rings. The van der Waals surface area contributed by atoms with Crippen LogP contribution in [-0.2, 0) is 4.74 Å². The molecule has 2 aromatic heterocycles. The van der Waals surface area contributed by atoms with Crippen LogP contribution in [0.5, 0.6) is 11.5 Å². The molecule has 182 valence electrons. The summed E-state index contributed by atoms with van der Waals surface area (Å²) in [6.45, 7) is 4.91. The third kappa shape index (κ3) is 4.27. The van der Waals surface area contributed by atoms with Crippen molar-refractivity contribution in [1.29, 1.82) is 0 Å². The smallest absolute Gasteiger partial charge is 0.161 e. The molecule has 0 amide bonds. The van der Waals surface area contributed by atoms with E-state index in [-0.39, 0.29) is 0 Å². The molecule has 3 aromatic carbocycles. The van der Waals surface area contributed by atoms with Crippen LogP contribution in [0.4, 0.5) is 0 Å². The van der Waals surface area contributed by atoms with Crippen molar-refractivity contribution in [2.75, 3.05) is 46.6 Å². The minimum absolute atomic E-state index is 0.594. The maximum absolute atomic E-state index is 6.10. The molecule has 0 N–H and O–H groups in total. The predicted molar refractivity (Wildman–Crippen MR) is 141 cm³/mol. The van der Waals surface area contributed by atoms with Crippen molar-refractivity contribution < 1.29 is 14.2 Å². The van der Waals surface area contributed by atoms with Crippen molar-refractivity contribution in [1.82, 2.24) is 19.7 Å². The number of rotatable bonds is 7. The summed E-state index contributed by atoms with van der Waals surface area (Å²) in [5.74, 6) is 1.41. The fourth-order valence-corrected chi connectivity index (χ4v) is 4.74. The minimum atomic E-state index is 0.594. The van der Waals surface area contributed by atoms with Crippen LogP contribution in [0, 0.1) is 0 Å². The van der Waals surface area contributed by atoms with E-state index in [0.717, 1.165) is 77.3 Å². The van der Waals surface area contributed by atoms with Gasteiger partial charge in [-0.3, -0.25) is 9.88 Å². The molecule has 0 aliphatic carbocycles. The molecule has 0 unspecified atom stereocenters. The number of morpholine rings is 1. The molecule has 1 aliphatic rings. The van der Waals surface area contributed by atoms with Crippen molar-refractivity contribution in [3.8, 4) is 28.4 Å². The molecule has 5 aromatic rings. The zero-order valence-electron chi connectivity index (χ0n) is 20.3. The molecule has 6 rings (SSSR count). The number of pyridine rings is 1. The molecular formula is C29H28N4O3. The fourth-order valence-electron chi connectivity index (χ4n) is 4.74. The molecule has 0 bridgehead atoms. The number of methoxy groups -OCH3 is 1. The topological polar surface area (TPSA) is 61.6 Å². The normalized spacial score (nSPS) is 14.4. The van der Waals surface area contributed by atoms with Gasteiger partial charge in [0.1, 0.15) is 12.3 Å². The van der Waals surface area contributed by atoms with E-state index in [1.165, 1.54) is 0 Å². The second kappa shape index (κ2) is 9.97. The summed E-state index contributed by atoms with van der Waals surface area (Å²) in [6.07, 6.45) is 1.92. The predicted octanol–water partition coefficient (Wildman–Crippen LogP) is 4.96. The molecule has 1 aliphatic heterocycles. The maximum Gasteiger partial charge on any atom is 0.161 e. The first-order valence-electron chi connectivity index (χ1n) is 12.2. The van der Waals surface area contributed by atoms with Crippen LogP contribution in [0.3, 0.4) is 0 Å². The zero-order valence-corrected chi connectivity index (χ0v) is 20.3. The lowest BCUT2D eigenvalue weighted by Gasteiger charge is -2.26. The highest BCUT2D eigenvalue weighted by molar-refractivity contribution is 6.08. The molecule has 0 spiro atoms. The summed E-state index contributed by atoms with van der Waals surface area (Å²) >= 11 is 0. The van der Waals surface area contributed by atoms with Crippen LogP contribution < -0.4 is 9.47 Å². The van der Waals surface area contributed by atoms with Crippen LogP contribution in [-0.4, -0.2) is 66.2 Å². The number of aromatic nitrogens is 3. The van der Waals surface area contributed by atoms with Gasteiger partial charge >= 0.3 is 0 Å². The Balaban J connectivity index is 1.38. The summed E-state index contributed by atoms with van der Waals surface area (Å²) in [5, 5.41) is 7.12. The first-order valence-corrected chi connectivity index (χ1v) is 12.2. The van der Waals surface area contributed by atoms with Gasteiger partial charge in [-0.05, 0) is 36.4 Å². The van der Waals surface area contributed by atoms with E-state index >= 15 is 0 Å². The van der Waals surface area contributed by atoms with E-state index in [2.05, 4.69) is 23.1 Å². The minimum Gasteiger partial charge on any atom is -0.493 e. The third-order valence-corrected chi connectivity index (χ3v) is 6.62. The Labute approximate surface area is 209 Å². The SMILES string of the molecule is COc1cc(-c2nn(-c3ccccc3)c3c2cnc2ccccc23)ccc1OCCN1CCOCC1. The van der Waals surface area contributed by atoms with Gasteiger partial charge in [0.2, 0.25) is 0 Å². The van der Waals surface area contributed by atoms with Gasteiger partial charge in [-0.2, -0.15) is 5.10 Å². The van der Waals surface area contributed by atoms with Crippen LogP contribution >= 0.6 is 0 Å². The largest absolute Gasteiger partial charge is 0.493 e. The van der Waals surface area contributed by atoms with Crippen molar-refractivity contribution >= 4 is 21.8 Å². The zero-order chi connectivity index (χ0) is 24.3. The lowest BCUT2D eigenvalue weighted by Crippen LogP contribution is -2.38. The number of nitrogens with zero attached hydrogens (tertiary/aromatic N) is 4. The van der Waals surface area contributed by atoms with Crippen molar-refractivity contribution in [2.45, 2.75) is 0 Å². The maximum atomic E-state index is 6.10. The number of ether oxygens (including phenoxy) is 3. The van der Waals surface area contributed by atoms with Crippen molar-refractivity contribution in [3.63, 3.8) is 0 Å². The molecule has 1 saturated heterocycles. The van der Waals surface area contributed by atoms with Gasteiger partial charge in [0.15, 0.2) is 11.5 Å². The van der Waals surface area contributed by atoms with Gasteiger partial charge in [0.25, 0.3) is 0 Å². The molecule has 0 saturated carbocycles. The summed E-state index contributed by atoms with van der Waals surface area (Å²) < 4.78 is 19.2. The van der Waals surface area contributed by atoms with E-state index in [1.807, 2.05) is 65.5 Å². The van der Waals surface area contributed by atoms with Gasteiger partial charge in [0.05, 0.1) is 37.0 Å². The summed E-state index contributed by atoms with van der Waals surface area (Å²) in [4.78, 5) is 7.08. The van der Waals surface area contributed by atoms with Gasteiger partial charge in [-0.15, -0.1) is 0 Å². The lowest BCUT2D eigenvalue weighted by molar-refractivity contribution is 0.0321. The quantitative estimate of drug-likeness (QED) is 0.328. The first kappa shape index (κ1) is 22.5. The van der Waals surface area contributed by atoms with Crippen molar-refractivity contribution in [2.24, 2.45) is 0 Å². The number of hydrogen-bond acceptors (Lipinski definition) is 6. The van der Waals surface area contributed by atoms with E-state index in [9.17, 15) is 0 Å². The van der Waals surface area contributed by atoms with Crippen LogP contribution in [0.15, 0.2) is 79.0 Å². The van der Waals surface area contributed by atoms with E-state index in [0.29, 0.717) is 12.4 Å². The number of fused-ring (bicyclic) bond motifs is 3. The number of hydrogen-bond donors (Lipinski definition) is 0. The second-order valence-corrected chi connectivity index (χ2v) is 8.80. The van der Waals surface area contributed by atoms with E-state index in [4.69, 9.17) is 24.3 Å². The van der Waals surface area contributed by atoms with Gasteiger partial charge in [0, 0.05) is 42.2 Å². The van der Waals surface area contributed by atoms with Crippen LogP contribution in [0.2, 0.25) is 0 Å². The van der Waals surface area contributed by atoms with Gasteiger partial charge in [-0.1, -0.05) is 36.4 Å². The molecular weight excluding hydrogens is 452 g/mol. The Kier molecular flexibility index (Phi) is 6.24. The van der Waals surface area contributed by atoms with Gasteiger partial charge in [-0.25, -0.2) is 4.68 Å². The number of benzene rings is 3. The average Bonchev–Trinajstić information content (AvgIpc) is 3.34. The highest BCUT2D eigenvalue weighted by atomic mass is 16.5. The third-order valence-electron chi connectivity index (χ3n) is 6.62. The van der Waals surface area contributed by atoms with Crippen LogP contribution in [0.25, 0.3) is 38.8 Å².